The van der Waals surface area contributed by atoms with Crippen molar-refractivity contribution in [3.05, 3.63) is 89.0 Å². The first kappa shape index (κ1) is 20.7. The van der Waals surface area contributed by atoms with Crippen molar-refractivity contribution in [2.75, 3.05) is 7.11 Å². The van der Waals surface area contributed by atoms with E-state index in [1.165, 1.54) is 0 Å². The molecule has 2 aromatic carbocycles. The summed E-state index contributed by atoms with van der Waals surface area (Å²) in [6, 6.07) is 16.1. The van der Waals surface area contributed by atoms with E-state index in [0.717, 1.165) is 53.5 Å². The summed E-state index contributed by atoms with van der Waals surface area (Å²) in [5.41, 5.74) is 4.61. The summed E-state index contributed by atoms with van der Waals surface area (Å²) in [5, 5.41) is 14.2. The molecule has 0 fully saturated rings. The Morgan fingerprint density at radius 3 is 2.85 bits per heavy atom. The lowest BCUT2D eigenvalue weighted by Crippen LogP contribution is -2.18. The Hall–Kier alpha value is -4.18. The Kier molecular flexibility index (Phi) is 5.49. The second kappa shape index (κ2) is 8.75. The maximum atomic E-state index is 9.53. The molecule has 1 aliphatic rings. The summed E-state index contributed by atoms with van der Waals surface area (Å²) in [6.07, 6.45) is 9.64. The predicted molar refractivity (Wildman–Crippen MR) is 126 cm³/mol. The highest BCUT2D eigenvalue weighted by atomic mass is 16.5. The van der Waals surface area contributed by atoms with Crippen LogP contribution in [0.15, 0.2) is 55.0 Å². The third kappa shape index (κ3) is 4.03. The lowest BCUT2D eigenvalue weighted by Gasteiger charge is -2.23. The van der Waals surface area contributed by atoms with Gasteiger partial charge in [0.25, 0.3) is 0 Å². The number of imidazole rings is 1. The molecule has 0 radical (unpaired) electrons. The molecule has 0 aliphatic carbocycles. The van der Waals surface area contributed by atoms with Crippen LogP contribution in [0.5, 0.6) is 5.75 Å². The minimum Gasteiger partial charge on any atom is -0.495 e. The van der Waals surface area contributed by atoms with Crippen molar-refractivity contribution in [3.63, 3.8) is 0 Å². The molecule has 2 aromatic heterocycles. The number of methoxy groups -OCH3 is 1. The Morgan fingerprint density at radius 2 is 2.06 bits per heavy atom. The first-order valence-corrected chi connectivity index (χ1v) is 11.0. The fourth-order valence-corrected chi connectivity index (χ4v) is 4.37. The number of fused-ring (bicyclic) bond motifs is 1. The fraction of sp³-hybridized carbons (Fsp3) is 0.231. The van der Waals surface area contributed by atoms with Gasteiger partial charge in [-0.1, -0.05) is 30.3 Å². The summed E-state index contributed by atoms with van der Waals surface area (Å²) in [5.74, 6) is 2.44. The SMILES string of the molecule is COc1cc(/C=C/c2nc3n(n2)CCCC3c2ccccc2C#N)ccc1-n1cnc(C)c1. The van der Waals surface area contributed by atoms with E-state index in [9.17, 15) is 5.26 Å². The number of rotatable bonds is 5. The Balaban J connectivity index is 1.42. The normalized spacial score (nSPS) is 15.4. The van der Waals surface area contributed by atoms with Crippen LogP contribution in [0.3, 0.4) is 0 Å². The van der Waals surface area contributed by atoms with Crippen LogP contribution >= 0.6 is 0 Å². The number of nitriles is 1. The van der Waals surface area contributed by atoms with E-state index in [-0.39, 0.29) is 5.92 Å². The smallest absolute Gasteiger partial charge is 0.174 e. The Bertz CT molecular complexity index is 1370. The third-order valence-corrected chi connectivity index (χ3v) is 5.97. The molecule has 0 saturated heterocycles. The summed E-state index contributed by atoms with van der Waals surface area (Å²) in [7, 11) is 1.67. The van der Waals surface area contributed by atoms with Gasteiger partial charge in [0, 0.05) is 18.7 Å². The van der Waals surface area contributed by atoms with Crippen molar-refractivity contribution in [1.29, 1.82) is 5.26 Å². The van der Waals surface area contributed by atoms with Gasteiger partial charge in [-0.15, -0.1) is 0 Å². The van der Waals surface area contributed by atoms with Crippen molar-refractivity contribution in [2.45, 2.75) is 32.2 Å². The number of aryl methyl sites for hydroxylation is 2. The molecule has 1 aliphatic heterocycles. The van der Waals surface area contributed by atoms with Gasteiger partial charge in [0.15, 0.2) is 5.82 Å². The molecule has 0 spiro atoms. The van der Waals surface area contributed by atoms with Gasteiger partial charge >= 0.3 is 0 Å². The lowest BCUT2D eigenvalue weighted by molar-refractivity contribution is 0.413. The maximum absolute atomic E-state index is 9.53. The molecule has 164 valence electrons. The zero-order valence-corrected chi connectivity index (χ0v) is 18.6. The van der Waals surface area contributed by atoms with E-state index in [0.29, 0.717) is 11.4 Å². The van der Waals surface area contributed by atoms with Crippen molar-refractivity contribution in [2.24, 2.45) is 0 Å². The topological polar surface area (TPSA) is 81.5 Å². The van der Waals surface area contributed by atoms with Gasteiger partial charge in [0.1, 0.15) is 11.6 Å². The highest BCUT2D eigenvalue weighted by Crippen LogP contribution is 2.34. The number of nitrogens with zero attached hydrogens (tertiary/aromatic N) is 6. The summed E-state index contributed by atoms with van der Waals surface area (Å²) in [6.45, 7) is 2.80. The highest BCUT2D eigenvalue weighted by Gasteiger charge is 2.27. The van der Waals surface area contributed by atoms with Crippen LogP contribution in [0.4, 0.5) is 0 Å². The van der Waals surface area contributed by atoms with E-state index in [1.54, 1.807) is 13.4 Å². The number of hydrogen-bond acceptors (Lipinski definition) is 5. The quantitative estimate of drug-likeness (QED) is 0.451. The van der Waals surface area contributed by atoms with Crippen molar-refractivity contribution in [3.8, 4) is 17.5 Å². The van der Waals surface area contributed by atoms with Crippen LogP contribution in [-0.4, -0.2) is 31.4 Å². The van der Waals surface area contributed by atoms with Crippen molar-refractivity contribution in [1.82, 2.24) is 24.3 Å². The minimum absolute atomic E-state index is 0.0854. The first-order valence-electron chi connectivity index (χ1n) is 11.0. The zero-order valence-electron chi connectivity index (χ0n) is 18.6. The van der Waals surface area contributed by atoms with E-state index in [4.69, 9.17) is 14.8 Å². The molecule has 33 heavy (non-hydrogen) atoms. The third-order valence-electron chi connectivity index (χ3n) is 5.97. The second-order valence-electron chi connectivity index (χ2n) is 8.13. The van der Waals surface area contributed by atoms with E-state index in [1.807, 2.05) is 77.0 Å². The largest absolute Gasteiger partial charge is 0.495 e. The van der Waals surface area contributed by atoms with Gasteiger partial charge in [-0.05, 0) is 55.2 Å². The molecule has 4 aromatic rings. The van der Waals surface area contributed by atoms with Gasteiger partial charge in [0.05, 0.1) is 36.5 Å². The van der Waals surface area contributed by atoms with Crippen molar-refractivity contribution < 1.29 is 4.74 Å². The van der Waals surface area contributed by atoms with Crippen molar-refractivity contribution >= 4 is 12.2 Å². The molecule has 7 nitrogen and oxygen atoms in total. The molecule has 5 rings (SSSR count). The molecule has 0 amide bonds. The summed E-state index contributed by atoms with van der Waals surface area (Å²) >= 11 is 0. The van der Waals surface area contributed by atoms with E-state index in [2.05, 4.69) is 11.1 Å². The first-order chi connectivity index (χ1) is 16.2. The molecule has 0 saturated carbocycles. The monoisotopic (exact) mass is 436 g/mol. The van der Waals surface area contributed by atoms with Crippen LogP contribution in [0, 0.1) is 18.3 Å². The molecule has 1 atom stereocenters. The average Bonchev–Trinajstić information content (AvgIpc) is 3.48. The molecular formula is C26H24N6O. The van der Waals surface area contributed by atoms with Gasteiger partial charge < -0.3 is 9.30 Å². The predicted octanol–water partition coefficient (Wildman–Crippen LogP) is 4.75. The maximum Gasteiger partial charge on any atom is 0.174 e. The second-order valence-corrected chi connectivity index (χ2v) is 8.13. The molecule has 7 heteroatoms. The minimum atomic E-state index is 0.0854. The van der Waals surface area contributed by atoms with Crippen LogP contribution < -0.4 is 4.74 Å². The van der Waals surface area contributed by atoms with Gasteiger partial charge in [0.2, 0.25) is 0 Å². The van der Waals surface area contributed by atoms with E-state index < -0.39 is 0 Å². The van der Waals surface area contributed by atoms with Crippen LogP contribution in [0.2, 0.25) is 0 Å². The molecule has 0 N–H and O–H groups in total. The Morgan fingerprint density at radius 1 is 1.18 bits per heavy atom. The number of benzene rings is 2. The van der Waals surface area contributed by atoms with E-state index >= 15 is 0 Å². The standard InChI is InChI=1S/C26H24N6O/c1-18-16-31(17-28-18)23-11-9-19(14-24(23)33-2)10-12-25-29-26-22(8-5-13-32(26)30-25)21-7-4-3-6-20(21)15-27/h3-4,6-7,9-12,14,16-17,22H,5,8,13H2,1-2H3/b12-10+. The summed E-state index contributed by atoms with van der Waals surface area (Å²) < 4.78 is 9.54. The molecular weight excluding hydrogens is 412 g/mol. The molecule has 0 bridgehead atoms. The van der Waals surface area contributed by atoms with Crippen LogP contribution in [0.25, 0.3) is 17.8 Å². The van der Waals surface area contributed by atoms with Gasteiger partial charge in [-0.2, -0.15) is 10.4 Å². The van der Waals surface area contributed by atoms with Gasteiger partial charge in [-0.25, -0.2) is 14.6 Å². The van der Waals surface area contributed by atoms with Crippen LogP contribution in [-0.2, 0) is 6.54 Å². The number of ether oxygens (including phenoxy) is 1. The number of hydrogen-bond donors (Lipinski definition) is 0. The summed E-state index contributed by atoms with van der Waals surface area (Å²) in [4.78, 5) is 9.12. The molecule has 1 unspecified atom stereocenters. The zero-order chi connectivity index (χ0) is 22.8. The van der Waals surface area contributed by atoms with Crippen LogP contribution in [0.1, 0.15) is 52.8 Å². The molecule has 3 heterocycles. The Labute approximate surface area is 192 Å². The highest BCUT2D eigenvalue weighted by molar-refractivity contribution is 5.69. The lowest BCUT2D eigenvalue weighted by atomic mass is 9.88. The fourth-order valence-electron chi connectivity index (χ4n) is 4.37. The average molecular weight is 437 g/mol. The van der Waals surface area contributed by atoms with Gasteiger partial charge in [-0.3, -0.25) is 0 Å². The number of aromatic nitrogens is 5.